The molecule has 1 aliphatic carbocycles. The van der Waals surface area contributed by atoms with Crippen molar-refractivity contribution in [2.24, 2.45) is 5.92 Å². The van der Waals surface area contributed by atoms with Crippen LogP contribution in [0.25, 0.3) is 27.8 Å². The van der Waals surface area contributed by atoms with Crippen LogP contribution in [0, 0.1) is 5.92 Å². The Morgan fingerprint density at radius 1 is 1.22 bits per heavy atom. The van der Waals surface area contributed by atoms with E-state index in [1.165, 1.54) is 0 Å². The van der Waals surface area contributed by atoms with Crippen LogP contribution < -0.4 is 10.1 Å². The number of rotatable bonds is 5. The lowest BCUT2D eigenvalue weighted by Gasteiger charge is -2.29. The van der Waals surface area contributed by atoms with Gasteiger partial charge in [0.2, 0.25) is 17.7 Å². The largest absolute Gasteiger partial charge is 0.480 e. The van der Waals surface area contributed by atoms with E-state index in [1.54, 1.807) is 18.3 Å². The number of carbonyl (C=O) groups is 1. The summed E-state index contributed by atoms with van der Waals surface area (Å²) in [6.45, 7) is 0. The molecule has 0 aliphatic heterocycles. The molecular weight excluding hydrogens is 408 g/mol. The Balaban J connectivity index is 1.39. The Bertz CT molecular complexity index is 1270. The lowest BCUT2D eigenvalue weighted by atomic mass is 9.85. The number of hydrogen-bond donors (Lipinski definition) is 2. The number of H-pyrrole nitrogens is 1. The van der Waals surface area contributed by atoms with E-state index in [4.69, 9.17) is 9.72 Å². The van der Waals surface area contributed by atoms with Crippen LogP contribution in [-0.4, -0.2) is 67.6 Å². The minimum atomic E-state index is 0.106. The van der Waals surface area contributed by atoms with Crippen LogP contribution in [0.15, 0.2) is 30.9 Å². The molecule has 5 rings (SSSR count). The fourth-order valence-corrected chi connectivity index (χ4v) is 4.46. The third-order valence-corrected chi connectivity index (χ3v) is 6.14. The van der Waals surface area contributed by atoms with Crippen molar-refractivity contribution in [3.63, 3.8) is 0 Å². The number of nitrogens with one attached hydrogen (secondary N) is 2. The number of carbonyl (C=O) groups excluding carboxylic acids is 1. The molecule has 32 heavy (non-hydrogen) atoms. The molecule has 4 aromatic rings. The summed E-state index contributed by atoms with van der Waals surface area (Å²) in [6, 6.07) is 4.14. The van der Waals surface area contributed by atoms with Crippen molar-refractivity contribution in [2.45, 2.75) is 31.7 Å². The van der Waals surface area contributed by atoms with Gasteiger partial charge in [0.1, 0.15) is 12.0 Å². The maximum Gasteiger partial charge on any atom is 0.228 e. The van der Waals surface area contributed by atoms with Crippen molar-refractivity contribution in [1.82, 2.24) is 34.4 Å². The smallest absolute Gasteiger partial charge is 0.228 e. The number of anilines is 1. The average molecular weight is 435 g/mol. The molecule has 0 spiro atoms. The predicted octanol–water partition coefficient (Wildman–Crippen LogP) is 2.74. The second kappa shape index (κ2) is 8.10. The fourth-order valence-electron chi connectivity index (χ4n) is 4.46. The molecule has 1 aliphatic rings. The molecule has 0 bridgehead atoms. The molecule has 1 saturated carbocycles. The summed E-state index contributed by atoms with van der Waals surface area (Å²) >= 11 is 0. The summed E-state index contributed by atoms with van der Waals surface area (Å²) in [5.74, 6) is 1.36. The fraction of sp³-hybridized carbons (Fsp3) is 0.409. The standard InChI is InChI=1S/C22H26N8O2/c1-29(2)21(31)13-4-7-15(8-5-13)25-22-26-19-18(20(27-22)32-3)16(10-23-19)14-6-9-17-28-24-12-30(17)11-14/h6,9-13,15H,4-5,7-8H2,1-3H3,(H2,23,25,26,27)/t13-,15+. The molecule has 0 radical (unpaired) electrons. The average Bonchev–Trinajstić information content (AvgIpc) is 3.45. The molecule has 1 fully saturated rings. The molecule has 166 valence electrons. The van der Waals surface area contributed by atoms with Crippen LogP contribution in [0.5, 0.6) is 5.88 Å². The Hall–Kier alpha value is -3.69. The van der Waals surface area contributed by atoms with Gasteiger partial charge in [0.15, 0.2) is 5.65 Å². The van der Waals surface area contributed by atoms with E-state index in [0.29, 0.717) is 17.5 Å². The second-order valence-corrected chi connectivity index (χ2v) is 8.42. The van der Waals surface area contributed by atoms with E-state index >= 15 is 0 Å². The van der Waals surface area contributed by atoms with Gasteiger partial charge >= 0.3 is 0 Å². The highest BCUT2D eigenvalue weighted by Gasteiger charge is 2.28. The Morgan fingerprint density at radius 2 is 2.03 bits per heavy atom. The molecule has 0 unspecified atom stereocenters. The van der Waals surface area contributed by atoms with E-state index in [2.05, 4.69) is 25.5 Å². The minimum Gasteiger partial charge on any atom is -0.480 e. The summed E-state index contributed by atoms with van der Waals surface area (Å²) in [5.41, 5.74) is 3.41. The van der Waals surface area contributed by atoms with Gasteiger partial charge in [0.25, 0.3) is 0 Å². The first-order valence-corrected chi connectivity index (χ1v) is 10.7. The molecule has 4 heterocycles. The Morgan fingerprint density at radius 3 is 2.78 bits per heavy atom. The van der Waals surface area contributed by atoms with Gasteiger partial charge < -0.3 is 19.9 Å². The van der Waals surface area contributed by atoms with Gasteiger partial charge in [-0.25, -0.2) is 0 Å². The van der Waals surface area contributed by atoms with E-state index in [1.807, 2.05) is 43.0 Å². The monoisotopic (exact) mass is 434 g/mol. The first-order chi connectivity index (χ1) is 15.5. The van der Waals surface area contributed by atoms with Crippen LogP contribution in [0.3, 0.4) is 0 Å². The third kappa shape index (κ3) is 3.61. The summed E-state index contributed by atoms with van der Waals surface area (Å²) in [6.07, 6.45) is 9.10. The van der Waals surface area contributed by atoms with Gasteiger partial charge in [0, 0.05) is 49.6 Å². The van der Waals surface area contributed by atoms with Gasteiger partial charge in [-0.2, -0.15) is 9.97 Å². The molecule has 0 atom stereocenters. The second-order valence-electron chi connectivity index (χ2n) is 8.42. The highest BCUT2D eigenvalue weighted by Crippen LogP contribution is 2.35. The quantitative estimate of drug-likeness (QED) is 0.496. The summed E-state index contributed by atoms with van der Waals surface area (Å²) in [7, 11) is 5.25. The van der Waals surface area contributed by atoms with Crippen LogP contribution >= 0.6 is 0 Å². The normalized spacial score (nSPS) is 18.7. The van der Waals surface area contributed by atoms with E-state index in [-0.39, 0.29) is 17.9 Å². The number of aromatic nitrogens is 6. The van der Waals surface area contributed by atoms with Crippen molar-refractivity contribution in [3.05, 3.63) is 30.9 Å². The molecule has 4 aromatic heterocycles. The first-order valence-electron chi connectivity index (χ1n) is 10.7. The van der Waals surface area contributed by atoms with Gasteiger partial charge in [-0.15, -0.1) is 10.2 Å². The SMILES string of the molecule is COc1nc(N[C@H]2CC[C@@H](C(=O)N(C)C)CC2)nc2[nH]cc(-c3ccc4nncn4c3)c12. The van der Waals surface area contributed by atoms with Crippen molar-refractivity contribution in [1.29, 1.82) is 0 Å². The van der Waals surface area contributed by atoms with Crippen molar-refractivity contribution < 1.29 is 9.53 Å². The molecule has 0 aromatic carbocycles. The number of fused-ring (bicyclic) bond motifs is 2. The summed E-state index contributed by atoms with van der Waals surface area (Å²) in [4.78, 5) is 26.5. The lowest BCUT2D eigenvalue weighted by Crippen LogP contribution is -2.35. The van der Waals surface area contributed by atoms with Gasteiger partial charge in [-0.3, -0.25) is 9.20 Å². The molecule has 10 nitrogen and oxygen atoms in total. The number of methoxy groups -OCH3 is 1. The number of amides is 1. The van der Waals surface area contributed by atoms with Crippen molar-refractivity contribution >= 4 is 28.5 Å². The lowest BCUT2D eigenvalue weighted by molar-refractivity contribution is -0.133. The van der Waals surface area contributed by atoms with Gasteiger partial charge in [-0.05, 0) is 37.8 Å². The minimum absolute atomic E-state index is 0.106. The molecular formula is C22H26N8O2. The maximum absolute atomic E-state index is 12.2. The van der Waals surface area contributed by atoms with Crippen molar-refractivity contribution in [3.8, 4) is 17.0 Å². The van der Waals surface area contributed by atoms with Crippen LogP contribution in [0.1, 0.15) is 25.7 Å². The van der Waals surface area contributed by atoms with Crippen LogP contribution in [-0.2, 0) is 4.79 Å². The topological polar surface area (TPSA) is 113 Å². The molecule has 1 amide bonds. The van der Waals surface area contributed by atoms with Gasteiger partial charge in [0.05, 0.1) is 12.5 Å². The van der Waals surface area contributed by atoms with E-state index in [9.17, 15) is 4.79 Å². The van der Waals surface area contributed by atoms with Crippen LogP contribution in [0.2, 0.25) is 0 Å². The van der Waals surface area contributed by atoms with E-state index < -0.39 is 0 Å². The predicted molar refractivity (Wildman–Crippen MR) is 120 cm³/mol. The zero-order valence-electron chi connectivity index (χ0n) is 18.4. The zero-order chi connectivity index (χ0) is 22.2. The van der Waals surface area contributed by atoms with E-state index in [0.717, 1.165) is 47.8 Å². The number of pyridine rings is 1. The van der Waals surface area contributed by atoms with Crippen LogP contribution in [0.4, 0.5) is 5.95 Å². The summed E-state index contributed by atoms with van der Waals surface area (Å²) < 4.78 is 7.50. The maximum atomic E-state index is 12.2. The highest BCUT2D eigenvalue weighted by molar-refractivity contribution is 5.97. The molecule has 2 N–H and O–H groups in total. The first kappa shape index (κ1) is 20.2. The molecule has 10 heteroatoms. The number of ether oxygens (including phenoxy) is 1. The number of nitrogens with zero attached hydrogens (tertiary/aromatic N) is 6. The molecule has 0 saturated heterocycles. The Labute approximate surface area is 185 Å². The number of hydrogen-bond acceptors (Lipinski definition) is 7. The van der Waals surface area contributed by atoms with Crippen molar-refractivity contribution in [2.75, 3.05) is 26.5 Å². The highest BCUT2D eigenvalue weighted by atomic mass is 16.5. The Kier molecular flexibility index (Phi) is 5.12. The summed E-state index contributed by atoms with van der Waals surface area (Å²) in [5, 5.41) is 12.3. The third-order valence-electron chi connectivity index (χ3n) is 6.14. The number of aromatic amines is 1. The zero-order valence-corrected chi connectivity index (χ0v) is 18.4. The van der Waals surface area contributed by atoms with Gasteiger partial charge in [-0.1, -0.05) is 0 Å².